The number of methoxy groups -OCH3 is 1. The number of rotatable bonds is 15. The van der Waals surface area contributed by atoms with Gasteiger partial charge in [0.25, 0.3) is 20.2 Å². The molecule has 7 unspecified atom stereocenters. The standard InChI is InChI=1S/C34H52O13S2/c1-12-29(5)31(7,35)32(8,36)33(9,37)34(10,47-29)43-21-28(4,22-44-48(38,39)26-17-13-24(2)14-18-26)46-30(6,42-11)23-45-49(40,41)27-19-15-25(3)16-20-27/h13-20,35-37H,12,21-23H2,1-11H3. The van der Waals surface area contributed by atoms with E-state index in [-0.39, 0.29) is 16.2 Å². The number of ether oxygens (including phenoxy) is 4. The van der Waals surface area contributed by atoms with Gasteiger partial charge < -0.3 is 34.3 Å². The first-order chi connectivity index (χ1) is 22.2. The summed E-state index contributed by atoms with van der Waals surface area (Å²) in [7, 11) is -7.37. The maximum absolute atomic E-state index is 13.2. The van der Waals surface area contributed by atoms with Gasteiger partial charge in [-0.05, 0) is 93.0 Å². The third kappa shape index (κ3) is 8.07. The van der Waals surface area contributed by atoms with Crippen LogP contribution in [0, 0.1) is 13.8 Å². The van der Waals surface area contributed by atoms with Crippen molar-refractivity contribution in [2.24, 2.45) is 0 Å². The summed E-state index contributed by atoms with van der Waals surface area (Å²) in [6, 6.07) is 12.0. The van der Waals surface area contributed by atoms with Gasteiger partial charge in [0.1, 0.15) is 29.0 Å². The lowest BCUT2D eigenvalue weighted by Gasteiger charge is -2.65. The van der Waals surface area contributed by atoms with E-state index in [1.165, 1.54) is 72.9 Å². The van der Waals surface area contributed by atoms with Crippen LogP contribution in [0.15, 0.2) is 58.3 Å². The Hall–Kier alpha value is -2.02. The molecule has 0 radical (unpaired) electrons. The zero-order chi connectivity index (χ0) is 37.5. The Bertz CT molecular complexity index is 1670. The van der Waals surface area contributed by atoms with Crippen molar-refractivity contribution in [3.63, 3.8) is 0 Å². The van der Waals surface area contributed by atoms with Crippen molar-refractivity contribution in [3.05, 3.63) is 59.7 Å². The van der Waals surface area contributed by atoms with E-state index >= 15 is 0 Å². The van der Waals surface area contributed by atoms with Crippen LogP contribution >= 0.6 is 0 Å². The summed E-state index contributed by atoms with van der Waals surface area (Å²) in [6.07, 6.45) is 0.200. The summed E-state index contributed by atoms with van der Waals surface area (Å²) >= 11 is 0. The molecule has 0 amide bonds. The molecule has 2 aromatic rings. The molecule has 15 heteroatoms. The zero-order valence-corrected chi connectivity index (χ0v) is 31.8. The van der Waals surface area contributed by atoms with Gasteiger partial charge in [-0.2, -0.15) is 16.8 Å². The molecule has 0 spiro atoms. The van der Waals surface area contributed by atoms with Crippen LogP contribution in [0.1, 0.15) is 72.9 Å². The molecule has 3 N–H and O–H groups in total. The van der Waals surface area contributed by atoms with Crippen molar-refractivity contribution >= 4 is 20.2 Å². The molecule has 7 atom stereocenters. The predicted molar refractivity (Wildman–Crippen MR) is 180 cm³/mol. The summed E-state index contributed by atoms with van der Waals surface area (Å²) < 4.78 is 87.6. The van der Waals surface area contributed by atoms with Crippen molar-refractivity contribution in [1.29, 1.82) is 0 Å². The van der Waals surface area contributed by atoms with Crippen LogP contribution in [0.5, 0.6) is 0 Å². The van der Waals surface area contributed by atoms with Gasteiger partial charge in [0.05, 0.1) is 28.6 Å². The van der Waals surface area contributed by atoms with Crippen LogP contribution in [-0.4, -0.2) is 98.7 Å². The molecule has 1 saturated heterocycles. The van der Waals surface area contributed by atoms with E-state index in [9.17, 15) is 32.2 Å². The maximum atomic E-state index is 13.2. The fourth-order valence-electron chi connectivity index (χ4n) is 5.62. The second-order valence-corrected chi connectivity index (χ2v) is 17.3. The molecule has 0 bridgehead atoms. The van der Waals surface area contributed by atoms with Crippen LogP contribution in [-0.2, 0) is 47.5 Å². The van der Waals surface area contributed by atoms with E-state index in [1.54, 1.807) is 52.0 Å². The van der Waals surface area contributed by atoms with Gasteiger partial charge in [-0.25, -0.2) is 0 Å². The summed E-state index contributed by atoms with van der Waals surface area (Å²) in [6.45, 7) is 13.0. The molecule has 1 aliphatic heterocycles. The van der Waals surface area contributed by atoms with Gasteiger partial charge in [-0.15, -0.1) is 0 Å². The van der Waals surface area contributed by atoms with Crippen molar-refractivity contribution in [2.75, 3.05) is 26.9 Å². The number of aryl methyl sites for hydroxylation is 2. The first kappa shape index (κ1) is 41.4. The number of hydrogen-bond donors (Lipinski definition) is 3. The lowest BCUT2D eigenvalue weighted by molar-refractivity contribution is -0.459. The molecule has 13 nitrogen and oxygen atoms in total. The molecule has 1 aliphatic rings. The van der Waals surface area contributed by atoms with Crippen LogP contribution in [0.25, 0.3) is 0 Å². The molecule has 1 heterocycles. The first-order valence-electron chi connectivity index (χ1n) is 15.8. The lowest BCUT2D eigenvalue weighted by Crippen LogP contribution is -2.84. The monoisotopic (exact) mass is 732 g/mol. The Morgan fingerprint density at radius 2 is 1.12 bits per heavy atom. The third-order valence-corrected chi connectivity index (χ3v) is 12.6. The highest BCUT2D eigenvalue weighted by atomic mass is 32.2. The molecular weight excluding hydrogens is 680 g/mol. The summed E-state index contributed by atoms with van der Waals surface area (Å²) in [5.74, 6) is -3.87. The molecule has 0 saturated carbocycles. The maximum Gasteiger partial charge on any atom is 0.297 e. The molecule has 3 rings (SSSR count). The van der Waals surface area contributed by atoms with Crippen molar-refractivity contribution in [2.45, 2.75) is 125 Å². The van der Waals surface area contributed by atoms with Crippen LogP contribution in [0.4, 0.5) is 0 Å². The fourth-order valence-corrected chi connectivity index (χ4v) is 7.61. The second kappa shape index (κ2) is 13.8. The molecule has 49 heavy (non-hydrogen) atoms. The number of benzene rings is 2. The third-order valence-electron chi connectivity index (χ3n) is 10.1. The SMILES string of the molecule is CCC1(C)OC(C)(OCC(C)(COS(=O)(=O)c2ccc(C)cc2)OC(C)(COS(=O)(=O)c2ccc(C)cc2)OC)C(C)(O)C(C)(O)C1(C)O. The van der Waals surface area contributed by atoms with E-state index in [0.29, 0.717) is 0 Å². The summed E-state index contributed by atoms with van der Waals surface area (Å²) in [4.78, 5) is -0.215. The van der Waals surface area contributed by atoms with Crippen LogP contribution in [0.2, 0.25) is 0 Å². The topological polar surface area (TPSA) is 184 Å². The number of hydrogen-bond acceptors (Lipinski definition) is 13. The van der Waals surface area contributed by atoms with Gasteiger partial charge in [0.2, 0.25) is 0 Å². The Morgan fingerprint density at radius 3 is 1.53 bits per heavy atom. The zero-order valence-electron chi connectivity index (χ0n) is 30.2. The Morgan fingerprint density at radius 1 is 0.694 bits per heavy atom. The highest BCUT2D eigenvalue weighted by Gasteiger charge is 2.74. The van der Waals surface area contributed by atoms with Gasteiger partial charge in [-0.1, -0.05) is 42.3 Å². The average Bonchev–Trinajstić information content (AvgIpc) is 3.02. The highest BCUT2D eigenvalue weighted by Crippen LogP contribution is 2.55. The Labute approximate surface area is 290 Å². The number of aliphatic hydroxyl groups is 3. The van der Waals surface area contributed by atoms with Gasteiger partial charge >= 0.3 is 0 Å². The second-order valence-electron chi connectivity index (χ2n) is 14.1. The fraction of sp³-hybridized carbons (Fsp3) is 0.647. The van der Waals surface area contributed by atoms with E-state index in [0.717, 1.165) is 11.1 Å². The average molecular weight is 733 g/mol. The summed E-state index contributed by atoms with van der Waals surface area (Å²) in [5, 5.41) is 34.8. The van der Waals surface area contributed by atoms with E-state index in [2.05, 4.69) is 0 Å². The smallest absolute Gasteiger partial charge is 0.297 e. The molecule has 0 aromatic heterocycles. The normalized spacial score (nSPS) is 32.0. The minimum Gasteiger partial charge on any atom is -0.384 e. The van der Waals surface area contributed by atoms with Crippen LogP contribution in [0.3, 0.4) is 0 Å². The van der Waals surface area contributed by atoms with Crippen molar-refractivity contribution in [1.82, 2.24) is 0 Å². The van der Waals surface area contributed by atoms with Gasteiger partial charge in [0, 0.05) is 7.11 Å². The van der Waals surface area contributed by atoms with Gasteiger partial charge in [0.15, 0.2) is 11.6 Å². The minimum atomic E-state index is -4.34. The Kier molecular flexibility index (Phi) is 11.7. The highest BCUT2D eigenvalue weighted by molar-refractivity contribution is 7.87. The van der Waals surface area contributed by atoms with E-state index in [1.807, 2.05) is 0 Å². The van der Waals surface area contributed by atoms with E-state index in [4.69, 9.17) is 27.3 Å². The molecule has 278 valence electrons. The van der Waals surface area contributed by atoms with Crippen molar-refractivity contribution < 1.29 is 59.5 Å². The quantitative estimate of drug-likeness (QED) is 0.178. The largest absolute Gasteiger partial charge is 0.384 e. The minimum absolute atomic E-state index is 0.0957. The molecular formula is C34H52O13S2. The van der Waals surface area contributed by atoms with Crippen molar-refractivity contribution in [3.8, 4) is 0 Å². The molecule has 2 aromatic carbocycles. The summed E-state index contributed by atoms with van der Waals surface area (Å²) in [5.41, 5.74) is -7.95. The van der Waals surface area contributed by atoms with E-state index < -0.39 is 79.6 Å². The molecule has 1 fully saturated rings. The lowest BCUT2D eigenvalue weighted by atomic mass is 9.60. The Balaban J connectivity index is 1.99. The van der Waals surface area contributed by atoms with Crippen LogP contribution < -0.4 is 0 Å². The first-order valence-corrected chi connectivity index (χ1v) is 18.7. The molecule has 0 aliphatic carbocycles. The van der Waals surface area contributed by atoms with Gasteiger partial charge in [-0.3, -0.25) is 8.37 Å². The predicted octanol–water partition coefficient (Wildman–Crippen LogP) is 3.74.